The highest BCUT2D eigenvalue weighted by atomic mass is 16.3. The van der Waals surface area contributed by atoms with Gasteiger partial charge >= 0.3 is 0 Å². The summed E-state index contributed by atoms with van der Waals surface area (Å²) in [6, 6.07) is 26.7. The van der Waals surface area contributed by atoms with Crippen molar-refractivity contribution in [1.29, 1.82) is 0 Å². The maximum Gasteiger partial charge on any atom is 0.159 e. The monoisotopic (exact) mass is 1800 g/mol. The van der Waals surface area contributed by atoms with E-state index in [1.165, 1.54) is 171 Å². The first-order valence-corrected chi connectivity index (χ1v) is 53.3. The summed E-state index contributed by atoms with van der Waals surface area (Å²) in [6.07, 6.45) is 41.9. The summed E-state index contributed by atoms with van der Waals surface area (Å²) >= 11 is 0. The fourth-order valence-electron chi connectivity index (χ4n) is 36.4. The molecule has 24 rings (SSSR count). The van der Waals surface area contributed by atoms with Gasteiger partial charge in [0.05, 0.1) is 44.6 Å². The Morgan fingerprint density at radius 2 is 0.636 bits per heavy atom. The zero-order valence-electron chi connectivity index (χ0n) is 82.0. The van der Waals surface area contributed by atoms with Gasteiger partial charge in [0.15, 0.2) is 23.1 Å². The molecule has 132 heavy (non-hydrogen) atoms. The second-order valence-electron chi connectivity index (χ2n) is 50.2. The molecule has 16 aliphatic carbocycles. The lowest BCUT2D eigenvalue weighted by Gasteiger charge is -2.56. The molecule has 0 bridgehead atoms. The predicted octanol–water partition coefficient (Wildman–Crippen LogP) is 21.9. The largest absolute Gasteiger partial charge is 0.390 e. The van der Waals surface area contributed by atoms with Crippen molar-refractivity contribution in [3.8, 4) is 0 Å². The lowest BCUT2D eigenvalue weighted by molar-refractivity contribution is -0.133. The van der Waals surface area contributed by atoms with Crippen LogP contribution in [0.1, 0.15) is 309 Å². The Hall–Kier alpha value is -6.93. The topological polar surface area (TPSA) is 259 Å². The van der Waals surface area contributed by atoms with Crippen LogP contribution in [-0.2, 0) is 45.4 Å². The highest BCUT2D eigenvalue weighted by Crippen LogP contribution is 2.70. The highest BCUT2D eigenvalue weighted by molar-refractivity contribution is 5.88. The van der Waals surface area contributed by atoms with Gasteiger partial charge < -0.3 is 20.4 Å². The first-order valence-electron chi connectivity index (χ1n) is 53.3. The van der Waals surface area contributed by atoms with Gasteiger partial charge in [0.2, 0.25) is 0 Å². The smallest absolute Gasteiger partial charge is 0.159 e. The number of aryl methyl sites for hydroxylation is 4. The Morgan fingerprint density at radius 1 is 0.303 bits per heavy atom. The molecule has 0 radical (unpaired) electrons. The number of rotatable bonds is 12. The van der Waals surface area contributed by atoms with Crippen molar-refractivity contribution in [1.82, 2.24) is 54.8 Å². The number of benzene rings is 4. The predicted molar refractivity (Wildman–Crippen MR) is 516 cm³/mol. The number of Topliss-reactive ketones (excluding diaryl/α,β-unsaturated/α-hetero) is 4. The molecule has 16 aliphatic rings. The third-order valence-electron chi connectivity index (χ3n) is 42.5. The molecule has 0 amide bonds. The molecule has 4 aromatic heterocycles. The first-order chi connectivity index (χ1) is 63.0. The summed E-state index contributed by atoms with van der Waals surface area (Å²) in [5, 5.41) is 74.8. The van der Waals surface area contributed by atoms with E-state index in [0.29, 0.717) is 90.7 Å². The van der Waals surface area contributed by atoms with Crippen molar-refractivity contribution in [3.63, 3.8) is 0 Å². The number of ketones is 4. The number of hydrogen-bond donors (Lipinski definition) is 4. The van der Waals surface area contributed by atoms with Crippen molar-refractivity contribution < 1.29 is 39.6 Å². The fourth-order valence-corrected chi connectivity index (χ4v) is 36.4. The zero-order valence-corrected chi connectivity index (χ0v) is 82.0. The maximum absolute atomic E-state index is 13.7. The van der Waals surface area contributed by atoms with Gasteiger partial charge in [-0.1, -0.05) is 74.5 Å². The molecule has 4 aromatic carbocycles. The summed E-state index contributed by atoms with van der Waals surface area (Å²) in [6.45, 7) is 27.6. The standard InChI is InChI=1S/C29H40N2O2.3C28H39N3O2/c1-18-20-6-4-5-7-26(20)31(30-18)17-27(32)25-11-10-24-23-9-8-19-16-28(2,33)14-12-21(19)22(23)13-15-29(24,25)3;1-17-4-9-25-24(14-17)29-30-31(25)16-26(32)23-8-7-22-21-6-5-18-15-27(2,33)12-10-19(18)20(21)11-13-28(22,23)3;1-17-4-9-24-25(14-17)31(30-29-24)16-26(32)23-8-7-22-21-6-5-18-15-27(2,33)12-10-19(18)20(21)11-13-28(22,23)3;1-17-4-9-24-25(14-17)30-31(29-24)16-26(32)23-8-7-22-21-6-5-18-15-27(2,33)12-10-19(18)20(21)11-13-28(22,23)3/h4-7,19,21-25,33H,8-17H2,1-3H3;3*4,9,14,18-23,33H,5-8,10-13,15-16H2,1-3H3/t19-,21+,22-,23-,24+,25-,28-,29+;3*18-,19+,20-,21-,22+,23-,27-,28+/m1111/s1. The molecule has 0 aliphatic heterocycles. The number of fused-ring (bicyclic) bond motifs is 24. The Labute approximate surface area is 784 Å². The van der Waals surface area contributed by atoms with E-state index >= 15 is 0 Å². The number of para-hydroxylation sites is 1. The van der Waals surface area contributed by atoms with Crippen LogP contribution in [0.3, 0.4) is 0 Å². The molecule has 0 spiro atoms. The number of hydrogen-bond acceptors (Lipinski definition) is 15. The van der Waals surface area contributed by atoms with Crippen LogP contribution in [-0.4, -0.2) is 121 Å². The molecule has 19 heteroatoms. The second kappa shape index (κ2) is 34.6. The van der Waals surface area contributed by atoms with E-state index in [-0.39, 0.29) is 45.3 Å². The Balaban J connectivity index is 0.000000106. The molecule has 4 N–H and O–H groups in total. The summed E-state index contributed by atoms with van der Waals surface area (Å²) in [4.78, 5) is 56.2. The maximum atomic E-state index is 13.7. The van der Waals surface area contributed by atoms with Crippen LogP contribution in [0.15, 0.2) is 78.9 Å². The van der Waals surface area contributed by atoms with Gasteiger partial charge in [-0.05, 0) is 486 Å². The summed E-state index contributed by atoms with van der Waals surface area (Å²) in [5.41, 5.74) is 9.78. The number of carbonyl (C=O) groups excluding carboxylic acids is 4. The van der Waals surface area contributed by atoms with Crippen LogP contribution in [0.4, 0.5) is 0 Å². The third-order valence-corrected chi connectivity index (χ3v) is 42.5. The SMILES string of the molecule is Cc1ccc2c(c1)nnn2CC(=O)[C@H]1CC[C@H]2[C@@H]3CC[C@@H]4C[C@](C)(O)CC[C@@H]4[C@H]3CC[C@]12C.Cc1ccc2nn(CC(=O)[C@H]3CC[C@H]4[C@@H]5CC[C@@H]6C[C@](C)(O)CC[C@@H]6[C@H]5CC[C@]34C)nc2c1.Cc1ccc2nnn(CC(=O)[C@H]3CC[C@H]4[C@@H]5CC[C@@H]6C[C@](C)(O)CC[C@@H]6[C@H]5CC[C@]34C)c2c1.Cc1nn(CC(=O)[C@H]2CC[C@H]3[C@@H]4CC[C@@H]5C[C@](C)(O)CC[C@@H]5[C@H]4CC[C@]23C)c2ccccc12. The Kier molecular flexibility index (Phi) is 24.0. The third kappa shape index (κ3) is 16.5. The van der Waals surface area contributed by atoms with Crippen LogP contribution >= 0.6 is 0 Å². The molecule has 32 atom stereocenters. The molecule has 4 heterocycles. The van der Waals surface area contributed by atoms with Crippen LogP contribution in [0, 0.1) is 191 Å². The second-order valence-corrected chi connectivity index (χ2v) is 50.2. The number of aromatic nitrogens is 11. The van der Waals surface area contributed by atoms with E-state index in [1.807, 2.05) is 103 Å². The van der Waals surface area contributed by atoms with Gasteiger partial charge in [-0.3, -0.25) is 23.9 Å². The molecular formula is C113H157N11O8. The molecule has 16 saturated carbocycles. The van der Waals surface area contributed by atoms with E-state index in [9.17, 15) is 39.6 Å². The number of aliphatic hydroxyl groups is 4. The van der Waals surface area contributed by atoms with E-state index < -0.39 is 22.4 Å². The van der Waals surface area contributed by atoms with Crippen molar-refractivity contribution in [3.05, 3.63) is 101 Å². The zero-order chi connectivity index (χ0) is 91.8. The molecule has 8 aromatic rings. The van der Waals surface area contributed by atoms with Crippen molar-refractivity contribution >= 4 is 67.1 Å². The summed E-state index contributed by atoms with van der Waals surface area (Å²) in [7, 11) is 0. The molecular weight excluding hydrogens is 1640 g/mol. The minimum atomic E-state index is -0.452. The van der Waals surface area contributed by atoms with E-state index in [0.717, 1.165) is 204 Å². The number of nitrogens with zero attached hydrogens (tertiary/aromatic N) is 11. The van der Waals surface area contributed by atoms with Gasteiger partial charge in [0.1, 0.15) is 48.2 Å². The summed E-state index contributed by atoms with van der Waals surface area (Å²) < 4.78 is 5.60. The van der Waals surface area contributed by atoms with Gasteiger partial charge in [-0.15, -0.1) is 10.2 Å². The van der Waals surface area contributed by atoms with Crippen LogP contribution in [0.25, 0.3) is 44.0 Å². The van der Waals surface area contributed by atoms with E-state index in [4.69, 9.17) is 5.10 Å². The Bertz CT molecular complexity index is 5640. The van der Waals surface area contributed by atoms with Gasteiger partial charge in [0, 0.05) is 29.1 Å². The van der Waals surface area contributed by atoms with Gasteiger partial charge in [-0.25, -0.2) is 9.36 Å². The van der Waals surface area contributed by atoms with E-state index in [2.05, 4.69) is 104 Å². The van der Waals surface area contributed by atoms with E-state index in [1.54, 1.807) is 4.80 Å². The van der Waals surface area contributed by atoms with Crippen LogP contribution < -0.4 is 0 Å². The average Bonchev–Trinajstić information content (AvgIpc) is 1.54. The van der Waals surface area contributed by atoms with Crippen LogP contribution in [0.5, 0.6) is 0 Å². The quantitative estimate of drug-likeness (QED) is 0.0886. The fraction of sp³-hybridized carbons (Fsp3) is 0.743. The normalized spacial score (nSPS) is 42.5. The molecule has 16 fully saturated rings. The number of carbonyl (C=O) groups is 4. The van der Waals surface area contributed by atoms with Crippen molar-refractivity contribution in [2.24, 2.45) is 164 Å². The van der Waals surface area contributed by atoms with Gasteiger partial charge in [-0.2, -0.15) is 20.1 Å². The minimum absolute atomic E-state index is 0.133. The molecule has 712 valence electrons. The first kappa shape index (κ1) is 91.5. The highest BCUT2D eigenvalue weighted by Gasteiger charge is 2.65. The van der Waals surface area contributed by atoms with Gasteiger partial charge in [0.25, 0.3) is 0 Å². The van der Waals surface area contributed by atoms with Crippen molar-refractivity contribution in [2.45, 2.75) is 363 Å². The van der Waals surface area contributed by atoms with Crippen LogP contribution in [0.2, 0.25) is 0 Å². The lowest BCUT2D eigenvalue weighted by Crippen LogP contribution is -2.51. The molecule has 19 nitrogen and oxygen atoms in total. The average molecular weight is 1800 g/mol. The molecule has 0 unspecified atom stereocenters. The molecule has 0 saturated heterocycles. The Morgan fingerprint density at radius 3 is 1.05 bits per heavy atom. The lowest BCUT2D eigenvalue weighted by atomic mass is 9.49. The van der Waals surface area contributed by atoms with Crippen molar-refractivity contribution in [2.75, 3.05) is 0 Å². The summed E-state index contributed by atoms with van der Waals surface area (Å²) in [5.74, 6) is 17.2. The minimum Gasteiger partial charge on any atom is -0.390 e.